The fourth-order valence-corrected chi connectivity index (χ4v) is 4.74. The monoisotopic (exact) mass is 377 g/mol. The molecule has 2 heterocycles. The molecule has 1 aliphatic rings. The number of fused-ring (bicyclic) bond motifs is 1. The highest BCUT2D eigenvalue weighted by molar-refractivity contribution is 7.89. The van der Waals surface area contributed by atoms with Crippen LogP contribution in [0.4, 0.5) is 4.39 Å². The van der Waals surface area contributed by atoms with E-state index in [1.54, 1.807) is 12.1 Å². The van der Waals surface area contributed by atoms with Gasteiger partial charge in [-0.05, 0) is 26.0 Å². The van der Waals surface area contributed by atoms with Gasteiger partial charge in [-0.25, -0.2) is 12.8 Å². The first-order valence-corrected chi connectivity index (χ1v) is 8.70. The highest BCUT2D eigenvalue weighted by Crippen LogP contribution is 2.28. The van der Waals surface area contributed by atoms with Crippen molar-refractivity contribution in [2.75, 3.05) is 19.6 Å². The smallest absolute Gasteiger partial charge is 0.244 e. The summed E-state index contributed by atoms with van der Waals surface area (Å²) in [4.78, 5) is 3.80. The minimum atomic E-state index is -3.76. The summed E-state index contributed by atoms with van der Waals surface area (Å²) < 4.78 is 41.7. The van der Waals surface area contributed by atoms with E-state index >= 15 is 0 Å². The molecule has 0 unspecified atom stereocenters. The number of pyridine rings is 1. The van der Waals surface area contributed by atoms with Crippen LogP contribution in [0.5, 0.6) is 0 Å². The lowest BCUT2D eigenvalue weighted by molar-refractivity contribution is 0.353. The summed E-state index contributed by atoms with van der Waals surface area (Å²) in [7, 11) is -3.76. The molecule has 9 heteroatoms. The fourth-order valence-electron chi connectivity index (χ4n) is 2.85. The van der Waals surface area contributed by atoms with Gasteiger partial charge in [-0.15, -0.1) is 12.4 Å². The van der Waals surface area contributed by atoms with Crippen LogP contribution in [0.3, 0.4) is 0 Å². The SMILES string of the molecule is C[C@H]1CNCCCN1S(=O)(=O)c1cccc2cncc(F)c12.Cl.O. The van der Waals surface area contributed by atoms with Gasteiger partial charge in [-0.3, -0.25) is 4.98 Å². The quantitative estimate of drug-likeness (QED) is 0.854. The maximum absolute atomic E-state index is 14.2. The summed E-state index contributed by atoms with van der Waals surface area (Å²) in [6.45, 7) is 3.66. The molecule has 1 aromatic carbocycles. The van der Waals surface area contributed by atoms with Crippen LogP contribution in [0, 0.1) is 5.82 Å². The topological polar surface area (TPSA) is 93.8 Å². The minimum Gasteiger partial charge on any atom is -0.412 e. The number of rotatable bonds is 2. The molecule has 1 aromatic heterocycles. The maximum Gasteiger partial charge on any atom is 0.244 e. The summed E-state index contributed by atoms with van der Waals surface area (Å²) in [6.07, 6.45) is 3.26. The van der Waals surface area contributed by atoms with E-state index in [4.69, 9.17) is 0 Å². The van der Waals surface area contributed by atoms with Gasteiger partial charge in [0.2, 0.25) is 10.0 Å². The molecule has 1 fully saturated rings. The second-order valence-corrected chi connectivity index (χ2v) is 7.36. The van der Waals surface area contributed by atoms with Crippen LogP contribution in [0.25, 0.3) is 10.8 Å². The van der Waals surface area contributed by atoms with E-state index in [2.05, 4.69) is 10.3 Å². The molecule has 1 aliphatic heterocycles. The predicted molar refractivity (Wildman–Crippen MR) is 93.4 cm³/mol. The Bertz CT molecular complexity index is 798. The van der Waals surface area contributed by atoms with Gasteiger partial charge in [-0.2, -0.15) is 4.31 Å². The van der Waals surface area contributed by atoms with Crippen molar-refractivity contribution in [3.63, 3.8) is 0 Å². The normalized spacial score (nSPS) is 19.2. The molecule has 24 heavy (non-hydrogen) atoms. The molecule has 0 aliphatic carbocycles. The van der Waals surface area contributed by atoms with Crippen LogP contribution >= 0.6 is 12.4 Å². The second-order valence-electron chi connectivity index (χ2n) is 5.50. The fraction of sp³-hybridized carbons (Fsp3) is 0.400. The predicted octanol–water partition coefficient (Wildman–Crippen LogP) is 1.34. The van der Waals surface area contributed by atoms with E-state index < -0.39 is 15.8 Å². The lowest BCUT2D eigenvalue weighted by Crippen LogP contribution is -2.41. The Morgan fingerprint density at radius 1 is 1.33 bits per heavy atom. The standard InChI is InChI=1S/C15H18FN3O2S.ClH.H2O/c1-11-8-17-6-3-7-19(11)22(20,21)14-5-2-4-12-9-18-10-13(16)15(12)14;;/h2,4-5,9-11,17H,3,6-8H2,1H3;1H;1H2/t11-;;/m0../s1. The van der Waals surface area contributed by atoms with Crippen LogP contribution in [-0.2, 0) is 10.0 Å². The van der Waals surface area contributed by atoms with Gasteiger partial charge in [0.15, 0.2) is 5.82 Å². The first-order chi connectivity index (χ1) is 10.5. The molecular formula is C15H21ClFN3O3S. The van der Waals surface area contributed by atoms with Gasteiger partial charge in [0.25, 0.3) is 0 Å². The Morgan fingerprint density at radius 2 is 2.08 bits per heavy atom. The Morgan fingerprint density at radius 3 is 2.83 bits per heavy atom. The van der Waals surface area contributed by atoms with Crippen LogP contribution in [0.2, 0.25) is 0 Å². The summed E-state index contributed by atoms with van der Waals surface area (Å²) in [5.41, 5.74) is 0. The van der Waals surface area contributed by atoms with Crippen LogP contribution in [-0.4, -0.2) is 48.9 Å². The highest BCUT2D eigenvalue weighted by Gasteiger charge is 2.31. The summed E-state index contributed by atoms with van der Waals surface area (Å²) >= 11 is 0. The lowest BCUT2D eigenvalue weighted by Gasteiger charge is -2.26. The molecule has 3 N–H and O–H groups in total. The largest absolute Gasteiger partial charge is 0.412 e. The Kier molecular flexibility index (Phi) is 7.06. The van der Waals surface area contributed by atoms with Gasteiger partial charge >= 0.3 is 0 Å². The van der Waals surface area contributed by atoms with E-state index in [0.29, 0.717) is 18.5 Å². The number of aromatic nitrogens is 1. The summed E-state index contributed by atoms with van der Waals surface area (Å²) in [6, 6.07) is 4.58. The van der Waals surface area contributed by atoms with Gasteiger partial charge in [0.1, 0.15) is 0 Å². The molecule has 0 saturated carbocycles. The molecule has 2 aromatic rings. The van der Waals surface area contributed by atoms with Crippen molar-refractivity contribution < 1.29 is 18.3 Å². The number of halogens is 2. The lowest BCUT2D eigenvalue weighted by atomic mass is 10.2. The number of sulfonamides is 1. The third kappa shape index (κ3) is 3.68. The average molecular weight is 378 g/mol. The van der Waals surface area contributed by atoms with Crippen LogP contribution < -0.4 is 5.32 Å². The van der Waals surface area contributed by atoms with Crippen molar-refractivity contribution in [1.29, 1.82) is 0 Å². The van der Waals surface area contributed by atoms with E-state index in [-0.39, 0.29) is 34.2 Å². The molecule has 0 spiro atoms. The van der Waals surface area contributed by atoms with E-state index in [0.717, 1.165) is 19.2 Å². The average Bonchev–Trinajstić information content (AvgIpc) is 2.72. The van der Waals surface area contributed by atoms with E-state index in [9.17, 15) is 12.8 Å². The van der Waals surface area contributed by atoms with Gasteiger partial charge in [0.05, 0.1) is 11.1 Å². The van der Waals surface area contributed by atoms with Crippen molar-refractivity contribution in [3.8, 4) is 0 Å². The molecule has 0 radical (unpaired) electrons. The number of nitrogens with one attached hydrogen (secondary N) is 1. The van der Waals surface area contributed by atoms with Crippen molar-refractivity contribution in [1.82, 2.24) is 14.6 Å². The third-order valence-electron chi connectivity index (χ3n) is 3.95. The molecule has 6 nitrogen and oxygen atoms in total. The molecule has 0 bridgehead atoms. The Hall–Kier alpha value is -1.32. The van der Waals surface area contributed by atoms with Gasteiger partial charge in [0, 0.05) is 36.1 Å². The molecule has 1 atom stereocenters. The molecule has 134 valence electrons. The molecule has 1 saturated heterocycles. The number of hydrogen-bond acceptors (Lipinski definition) is 4. The third-order valence-corrected chi connectivity index (χ3v) is 6.00. The molecule has 0 amide bonds. The number of hydrogen-bond donors (Lipinski definition) is 1. The highest BCUT2D eigenvalue weighted by atomic mass is 35.5. The number of nitrogens with zero attached hydrogens (tertiary/aromatic N) is 2. The summed E-state index contributed by atoms with van der Waals surface area (Å²) in [5.74, 6) is -0.614. The first kappa shape index (κ1) is 20.7. The molecule has 3 rings (SSSR count). The van der Waals surface area contributed by atoms with Gasteiger partial charge in [-0.1, -0.05) is 12.1 Å². The van der Waals surface area contributed by atoms with Crippen molar-refractivity contribution in [2.45, 2.75) is 24.3 Å². The molecular weight excluding hydrogens is 357 g/mol. The Labute approximate surface area is 146 Å². The summed E-state index contributed by atoms with van der Waals surface area (Å²) in [5, 5.41) is 3.81. The zero-order valence-corrected chi connectivity index (χ0v) is 14.8. The van der Waals surface area contributed by atoms with Crippen molar-refractivity contribution in [2.24, 2.45) is 0 Å². The zero-order chi connectivity index (χ0) is 15.7. The van der Waals surface area contributed by atoms with E-state index in [1.165, 1.54) is 16.6 Å². The van der Waals surface area contributed by atoms with E-state index in [1.807, 2.05) is 6.92 Å². The minimum absolute atomic E-state index is 0. The first-order valence-electron chi connectivity index (χ1n) is 7.26. The number of benzene rings is 1. The van der Waals surface area contributed by atoms with Crippen LogP contribution in [0.1, 0.15) is 13.3 Å². The zero-order valence-electron chi connectivity index (χ0n) is 13.2. The van der Waals surface area contributed by atoms with Crippen LogP contribution in [0.15, 0.2) is 35.5 Å². The second kappa shape index (κ2) is 8.17. The van der Waals surface area contributed by atoms with Crippen molar-refractivity contribution >= 4 is 33.2 Å². The maximum atomic E-state index is 14.2. The Balaban J connectivity index is 0.00000144. The van der Waals surface area contributed by atoms with Gasteiger partial charge < -0.3 is 10.8 Å². The van der Waals surface area contributed by atoms with Crippen molar-refractivity contribution in [3.05, 3.63) is 36.4 Å².